The zero-order valence-corrected chi connectivity index (χ0v) is 16.1. The Morgan fingerprint density at radius 2 is 1.82 bits per heavy atom. The molecule has 2 amide bonds. The van der Waals surface area contributed by atoms with E-state index in [0.717, 1.165) is 48.5 Å². The average molecular weight is 376 g/mol. The highest BCUT2D eigenvalue weighted by atomic mass is 16.2. The Bertz CT molecular complexity index is 997. The van der Waals surface area contributed by atoms with Crippen molar-refractivity contribution in [1.82, 2.24) is 19.8 Å². The summed E-state index contributed by atoms with van der Waals surface area (Å²) in [6.45, 7) is 5.31. The molecule has 4 rings (SSSR count). The van der Waals surface area contributed by atoms with Gasteiger partial charge in [-0.05, 0) is 49.9 Å². The number of urea groups is 1. The van der Waals surface area contributed by atoms with E-state index in [1.807, 2.05) is 35.2 Å². The molecule has 2 aromatic carbocycles. The van der Waals surface area contributed by atoms with Gasteiger partial charge >= 0.3 is 6.03 Å². The summed E-state index contributed by atoms with van der Waals surface area (Å²) >= 11 is 0. The van der Waals surface area contributed by atoms with Crippen LogP contribution >= 0.6 is 0 Å². The zero-order chi connectivity index (χ0) is 19.5. The number of amides is 2. The molecule has 0 unspecified atom stereocenters. The van der Waals surface area contributed by atoms with Gasteiger partial charge in [-0.2, -0.15) is 0 Å². The van der Waals surface area contributed by atoms with Crippen LogP contribution in [-0.4, -0.2) is 59.0 Å². The van der Waals surface area contributed by atoms with Gasteiger partial charge in [-0.25, -0.2) is 14.8 Å². The van der Waals surface area contributed by atoms with E-state index in [2.05, 4.69) is 51.6 Å². The number of carbonyl (C=O) groups excluding carboxylic acids is 1. The van der Waals surface area contributed by atoms with Crippen molar-refractivity contribution in [1.29, 1.82) is 0 Å². The van der Waals surface area contributed by atoms with Gasteiger partial charge in [0.25, 0.3) is 0 Å². The zero-order valence-electron chi connectivity index (χ0n) is 16.1. The van der Waals surface area contributed by atoms with Crippen LogP contribution < -0.4 is 10.6 Å². The van der Waals surface area contributed by atoms with E-state index in [4.69, 9.17) is 0 Å². The monoisotopic (exact) mass is 376 g/mol. The highest BCUT2D eigenvalue weighted by molar-refractivity contribution is 5.96. The van der Waals surface area contributed by atoms with E-state index in [9.17, 15) is 4.79 Å². The third kappa shape index (κ3) is 4.04. The predicted octanol–water partition coefficient (Wildman–Crippen LogP) is 3.46. The van der Waals surface area contributed by atoms with E-state index >= 15 is 0 Å². The number of nitrogens with zero attached hydrogens (tertiary/aromatic N) is 4. The number of carbonyl (C=O) groups is 1. The molecule has 2 heterocycles. The first kappa shape index (κ1) is 18.2. The minimum atomic E-state index is -0.0718. The molecule has 0 saturated carbocycles. The highest BCUT2D eigenvalue weighted by Gasteiger charge is 2.19. The second-order valence-electron chi connectivity index (χ2n) is 7.17. The lowest BCUT2D eigenvalue weighted by atomic mass is 10.2. The minimum Gasteiger partial charge on any atom is -0.340 e. The maximum Gasteiger partial charge on any atom is 0.321 e. The van der Waals surface area contributed by atoms with E-state index in [0.29, 0.717) is 5.82 Å². The molecule has 0 bridgehead atoms. The van der Waals surface area contributed by atoms with Crippen molar-refractivity contribution in [2.75, 3.05) is 43.9 Å². The standard InChI is InChI=1S/C21H24N6O/c1-15-4-3-5-16(12-15)24-20-18-13-17(6-7-19(18)22-14-23-20)25-21(28)27-10-8-26(2)9-11-27/h3-7,12-14H,8-11H2,1-2H3,(H,25,28)(H,22,23,24). The summed E-state index contributed by atoms with van der Waals surface area (Å²) in [5.41, 5.74) is 3.69. The Morgan fingerprint density at radius 1 is 1.00 bits per heavy atom. The summed E-state index contributed by atoms with van der Waals surface area (Å²) in [6.07, 6.45) is 1.54. The molecule has 7 nitrogen and oxygen atoms in total. The van der Waals surface area contributed by atoms with Crippen LogP contribution in [0.1, 0.15) is 5.56 Å². The Balaban J connectivity index is 1.56. The molecule has 1 aliphatic rings. The SMILES string of the molecule is Cc1cccc(Nc2ncnc3ccc(NC(=O)N4CCN(C)CC4)cc23)c1. The Labute approximate surface area is 164 Å². The first-order valence-electron chi connectivity index (χ1n) is 9.41. The molecule has 2 N–H and O–H groups in total. The number of anilines is 3. The Hall–Kier alpha value is -3.19. The molecule has 1 aliphatic heterocycles. The summed E-state index contributed by atoms with van der Waals surface area (Å²) in [5, 5.41) is 7.22. The second kappa shape index (κ2) is 7.82. The van der Waals surface area contributed by atoms with Gasteiger partial charge in [0.05, 0.1) is 5.52 Å². The van der Waals surface area contributed by atoms with Crippen LogP contribution in [0.4, 0.5) is 22.0 Å². The Morgan fingerprint density at radius 3 is 2.61 bits per heavy atom. The molecule has 144 valence electrons. The fourth-order valence-corrected chi connectivity index (χ4v) is 3.31. The van der Waals surface area contributed by atoms with Gasteiger partial charge < -0.3 is 20.4 Å². The summed E-state index contributed by atoms with van der Waals surface area (Å²) in [7, 11) is 2.07. The van der Waals surface area contributed by atoms with Gasteiger partial charge in [-0.1, -0.05) is 12.1 Å². The molecule has 1 fully saturated rings. The third-order valence-corrected chi connectivity index (χ3v) is 4.96. The summed E-state index contributed by atoms with van der Waals surface area (Å²) < 4.78 is 0. The number of aromatic nitrogens is 2. The molecule has 0 spiro atoms. The van der Waals surface area contributed by atoms with Gasteiger partial charge in [0.15, 0.2) is 0 Å². The third-order valence-electron chi connectivity index (χ3n) is 4.96. The van der Waals surface area contributed by atoms with Gasteiger partial charge in [0, 0.05) is 42.9 Å². The lowest BCUT2D eigenvalue weighted by Gasteiger charge is -2.32. The number of nitrogens with one attached hydrogen (secondary N) is 2. The summed E-state index contributed by atoms with van der Waals surface area (Å²) in [6, 6.07) is 13.7. The van der Waals surface area contributed by atoms with Crippen molar-refractivity contribution >= 4 is 34.1 Å². The van der Waals surface area contributed by atoms with E-state index in [1.165, 1.54) is 5.56 Å². The number of hydrogen-bond acceptors (Lipinski definition) is 5. The molecule has 1 aromatic heterocycles. The molecule has 7 heteroatoms. The van der Waals surface area contributed by atoms with E-state index < -0.39 is 0 Å². The number of hydrogen-bond donors (Lipinski definition) is 2. The van der Waals surface area contributed by atoms with Crippen LogP contribution in [0, 0.1) is 6.92 Å². The topological polar surface area (TPSA) is 73.4 Å². The molecular formula is C21H24N6O. The van der Waals surface area contributed by atoms with Gasteiger partial charge in [-0.3, -0.25) is 0 Å². The van der Waals surface area contributed by atoms with Crippen LogP contribution in [0.2, 0.25) is 0 Å². The van der Waals surface area contributed by atoms with Crippen LogP contribution in [0.25, 0.3) is 10.9 Å². The number of piperazine rings is 1. The number of benzene rings is 2. The van der Waals surface area contributed by atoms with E-state index in [1.54, 1.807) is 6.33 Å². The number of fused-ring (bicyclic) bond motifs is 1. The molecule has 1 saturated heterocycles. The minimum absolute atomic E-state index is 0.0718. The number of likely N-dealkylation sites (N-methyl/N-ethyl adjacent to an activating group) is 1. The molecular weight excluding hydrogens is 352 g/mol. The Kier molecular flexibility index (Phi) is 5.08. The predicted molar refractivity (Wildman–Crippen MR) is 112 cm³/mol. The van der Waals surface area contributed by atoms with Crippen LogP contribution in [0.5, 0.6) is 0 Å². The molecule has 0 aliphatic carbocycles. The largest absolute Gasteiger partial charge is 0.340 e. The normalized spacial score (nSPS) is 14.9. The lowest BCUT2D eigenvalue weighted by molar-refractivity contribution is 0.164. The van der Waals surface area contributed by atoms with Crippen molar-refractivity contribution in [3.05, 3.63) is 54.4 Å². The van der Waals surface area contributed by atoms with Crippen molar-refractivity contribution in [2.45, 2.75) is 6.92 Å². The van der Waals surface area contributed by atoms with E-state index in [-0.39, 0.29) is 6.03 Å². The fourth-order valence-electron chi connectivity index (χ4n) is 3.31. The van der Waals surface area contributed by atoms with Gasteiger partial charge in [-0.15, -0.1) is 0 Å². The lowest BCUT2D eigenvalue weighted by Crippen LogP contribution is -2.48. The first-order chi connectivity index (χ1) is 13.6. The van der Waals surface area contributed by atoms with Gasteiger partial charge in [0.1, 0.15) is 12.1 Å². The molecule has 3 aromatic rings. The number of aryl methyl sites for hydroxylation is 1. The number of rotatable bonds is 3. The van der Waals surface area contributed by atoms with Crippen molar-refractivity contribution in [3.63, 3.8) is 0 Å². The molecule has 0 atom stereocenters. The first-order valence-corrected chi connectivity index (χ1v) is 9.41. The van der Waals surface area contributed by atoms with Gasteiger partial charge in [0.2, 0.25) is 0 Å². The molecule has 0 radical (unpaired) electrons. The fraction of sp³-hybridized carbons (Fsp3) is 0.286. The summed E-state index contributed by atoms with van der Waals surface area (Å²) in [5.74, 6) is 0.714. The van der Waals surface area contributed by atoms with Crippen molar-refractivity contribution < 1.29 is 4.79 Å². The van der Waals surface area contributed by atoms with Crippen LogP contribution in [-0.2, 0) is 0 Å². The molecule has 28 heavy (non-hydrogen) atoms. The maximum absolute atomic E-state index is 12.6. The van der Waals surface area contributed by atoms with Crippen molar-refractivity contribution in [2.24, 2.45) is 0 Å². The summed E-state index contributed by atoms with van der Waals surface area (Å²) in [4.78, 5) is 25.4. The highest BCUT2D eigenvalue weighted by Crippen LogP contribution is 2.26. The van der Waals surface area contributed by atoms with Crippen LogP contribution in [0.15, 0.2) is 48.8 Å². The average Bonchev–Trinajstić information content (AvgIpc) is 2.69. The maximum atomic E-state index is 12.6. The van der Waals surface area contributed by atoms with Crippen molar-refractivity contribution in [3.8, 4) is 0 Å². The smallest absolute Gasteiger partial charge is 0.321 e. The van der Waals surface area contributed by atoms with Crippen LogP contribution in [0.3, 0.4) is 0 Å². The second-order valence-corrected chi connectivity index (χ2v) is 7.17. The quantitative estimate of drug-likeness (QED) is 0.732.